The molecule has 1 fully saturated rings. The molecule has 0 radical (unpaired) electrons. The largest absolute Gasteiger partial charge is 0.508 e. The average Bonchev–Trinajstić information content (AvgIpc) is 2.51. The van der Waals surface area contributed by atoms with Gasteiger partial charge in [0.05, 0.1) is 0 Å². The lowest BCUT2D eigenvalue weighted by Crippen LogP contribution is -2.13. The van der Waals surface area contributed by atoms with Gasteiger partial charge in [0, 0.05) is 18.3 Å². The van der Waals surface area contributed by atoms with E-state index in [1.807, 2.05) is 19.1 Å². The van der Waals surface area contributed by atoms with E-state index in [0.717, 1.165) is 11.3 Å². The molecule has 0 aromatic carbocycles. The van der Waals surface area contributed by atoms with Crippen molar-refractivity contribution in [1.82, 2.24) is 4.98 Å². The molecule has 1 aliphatic rings. The highest BCUT2D eigenvalue weighted by Gasteiger charge is 2.24. The van der Waals surface area contributed by atoms with Crippen LogP contribution < -0.4 is 0 Å². The normalized spacial score (nSPS) is 20.4. The number of hydrogen-bond donors (Lipinski definition) is 0. The molecule has 4 heteroatoms. The SMILES string of the molecule is Cc1cc(CC2COC(=O)O2)ccn1. The van der Waals surface area contributed by atoms with E-state index >= 15 is 0 Å². The van der Waals surface area contributed by atoms with Crippen LogP contribution in [0, 0.1) is 6.92 Å². The Morgan fingerprint density at radius 1 is 1.64 bits per heavy atom. The minimum atomic E-state index is -0.569. The number of cyclic esters (lactones) is 2. The first-order valence-electron chi connectivity index (χ1n) is 4.49. The molecule has 0 aliphatic carbocycles. The Morgan fingerprint density at radius 3 is 3.14 bits per heavy atom. The smallest absolute Gasteiger partial charge is 0.430 e. The van der Waals surface area contributed by atoms with E-state index in [2.05, 4.69) is 4.98 Å². The minimum absolute atomic E-state index is 0.149. The number of aryl methyl sites for hydroxylation is 1. The molecule has 1 unspecified atom stereocenters. The van der Waals surface area contributed by atoms with Gasteiger partial charge in [0.25, 0.3) is 0 Å². The van der Waals surface area contributed by atoms with E-state index in [-0.39, 0.29) is 6.10 Å². The van der Waals surface area contributed by atoms with Crippen molar-refractivity contribution in [2.45, 2.75) is 19.4 Å². The van der Waals surface area contributed by atoms with Crippen LogP contribution in [-0.4, -0.2) is 23.9 Å². The lowest BCUT2D eigenvalue weighted by molar-refractivity contribution is 0.118. The topological polar surface area (TPSA) is 48.4 Å². The van der Waals surface area contributed by atoms with Crippen LogP contribution in [0.1, 0.15) is 11.3 Å². The quantitative estimate of drug-likeness (QED) is 0.667. The molecular formula is C10H11NO3. The lowest BCUT2D eigenvalue weighted by atomic mass is 10.1. The van der Waals surface area contributed by atoms with Gasteiger partial charge in [-0.2, -0.15) is 0 Å². The first kappa shape index (κ1) is 8.99. The summed E-state index contributed by atoms with van der Waals surface area (Å²) in [6.45, 7) is 2.28. The molecule has 2 rings (SSSR count). The molecule has 74 valence electrons. The summed E-state index contributed by atoms with van der Waals surface area (Å²) in [7, 11) is 0. The molecule has 0 saturated carbocycles. The Kier molecular flexibility index (Phi) is 2.35. The first-order chi connectivity index (χ1) is 6.74. The highest BCUT2D eigenvalue weighted by Crippen LogP contribution is 2.12. The molecule has 14 heavy (non-hydrogen) atoms. The third-order valence-corrected chi connectivity index (χ3v) is 2.07. The molecule has 0 amide bonds. The number of hydrogen-bond acceptors (Lipinski definition) is 4. The number of rotatable bonds is 2. The Balaban J connectivity index is 2.00. The van der Waals surface area contributed by atoms with Gasteiger partial charge >= 0.3 is 6.16 Å². The molecule has 4 nitrogen and oxygen atoms in total. The van der Waals surface area contributed by atoms with Gasteiger partial charge < -0.3 is 9.47 Å². The number of pyridine rings is 1. The van der Waals surface area contributed by atoms with Crippen LogP contribution in [-0.2, 0) is 15.9 Å². The second-order valence-corrected chi connectivity index (χ2v) is 3.31. The zero-order chi connectivity index (χ0) is 9.97. The van der Waals surface area contributed by atoms with E-state index in [0.29, 0.717) is 13.0 Å². The van der Waals surface area contributed by atoms with Gasteiger partial charge in [-0.1, -0.05) is 0 Å². The molecule has 1 saturated heterocycles. The zero-order valence-corrected chi connectivity index (χ0v) is 7.90. The number of aromatic nitrogens is 1. The van der Waals surface area contributed by atoms with Crippen molar-refractivity contribution in [3.05, 3.63) is 29.6 Å². The van der Waals surface area contributed by atoms with E-state index in [1.165, 1.54) is 0 Å². The molecule has 0 spiro atoms. The third kappa shape index (κ3) is 2.02. The van der Waals surface area contributed by atoms with Crippen LogP contribution in [0.5, 0.6) is 0 Å². The predicted molar refractivity (Wildman–Crippen MR) is 48.9 cm³/mol. The summed E-state index contributed by atoms with van der Waals surface area (Å²) in [4.78, 5) is 14.7. The molecule has 2 heterocycles. The molecule has 1 aromatic rings. The summed E-state index contributed by atoms with van der Waals surface area (Å²) in [5, 5.41) is 0. The fourth-order valence-electron chi connectivity index (χ4n) is 1.46. The first-order valence-corrected chi connectivity index (χ1v) is 4.49. The maximum Gasteiger partial charge on any atom is 0.508 e. The summed E-state index contributed by atoms with van der Waals surface area (Å²) in [5.74, 6) is 0. The zero-order valence-electron chi connectivity index (χ0n) is 7.90. The summed E-state index contributed by atoms with van der Waals surface area (Å²) in [6.07, 6.45) is 1.72. The highest BCUT2D eigenvalue weighted by atomic mass is 16.8. The second-order valence-electron chi connectivity index (χ2n) is 3.31. The molecular weight excluding hydrogens is 182 g/mol. The Bertz CT molecular complexity index is 351. The van der Waals surface area contributed by atoms with Crippen LogP contribution in [0.3, 0.4) is 0 Å². The number of carbonyl (C=O) groups excluding carboxylic acids is 1. The summed E-state index contributed by atoms with van der Waals surface area (Å²) < 4.78 is 9.61. The van der Waals surface area contributed by atoms with Gasteiger partial charge in [0.2, 0.25) is 0 Å². The van der Waals surface area contributed by atoms with Crippen LogP contribution in [0.4, 0.5) is 4.79 Å². The maximum absolute atomic E-state index is 10.7. The Labute approximate surface area is 81.9 Å². The van der Waals surface area contributed by atoms with Crippen molar-refractivity contribution in [2.75, 3.05) is 6.61 Å². The molecule has 0 N–H and O–H groups in total. The van der Waals surface area contributed by atoms with Crippen LogP contribution >= 0.6 is 0 Å². The summed E-state index contributed by atoms with van der Waals surface area (Å²) in [5.41, 5.74) is 2.08. The van der Waals surface area contributed by atoms with Gasteiger partial charge in [-0.25, -0.2) is 4.79 Å². The number of ether oxygens (including phenoxy) is 2. The molecule has 0 bridgehead atoms. The van der Waals surface area contributed by atoms with Crippen molar-refractivity contribution >= 4 is 6.16 Å². The van der Waals surface area contributed by atoms with Crippen molar-refractivity contribution in [1.29, 1.82) is 0 Å². The lowest BCUT2D eigenvalue weighted by Gasteiger charge is -2.06. The summed E-state index contributed by atoms with van der Waals surface area (Å²) in [6, 6.07) is 3.89. The third-order valence-electron chi connectivity index (χ3n) is 2.07. The molecule has 1 aromatic heterocycles. The van der Waals surface area contributed by atoms with Crippen molar-refractivity contribution in [3.63, 3.8) is 0 Å². The van der Waals surface area contributed by atoms with Gasteiger partial charge in [0.1, 0.15) is 12.7 Å². The number of nitrogens with zero attached hydrogens (tertiary/aromatic N) is 1. The molecule has 1 atom stereocenters. The standard InChI is InChI=1S/C10H11NO3/c1-7-4-8(2-3-11-7)5-9-6-13-10(12)14-9/h2-4,9H,5-6H2,1H3. The monoisotopic (exact) mass is 193 g/mol. The highest BCUT2D eigenvalue weighted by molar-refractivity contribution is 5.61. The Morgan fingerprint density at radius 2 is 2.50 bits per heavy atom. The van der Waals surface area contributed by atoms with Crippen molar-refractivity contribution in [3.8, 4) is 0 Å². The van der Waals surface area contributed by atoms with E-state index in [9.17, 15) is 4.79 Å². The Hall–Kier alpha value is -1.58. The van der Waals surface area contributed by atoms with Crippen LogP contribution in [0.2, 0.25) is 0 Å². The van der Waals surface area contributed by atoms with Gasteiger partial charge in [0.15, 0.2) is 0 Å². The number of carbonyl (C=O) groups is 1. The van der Waals surface area contributed by atoms with E-state index < -0.39 is 6.16 Å². The summed E-state index contributed by atoms with van der Waals surface area (Å²) >= 11 is 0. The van der Waals surface area contributed by atoms with Crippen LogP contribution in [0.15, 0.2) is 18.3 Å². The van der Waals surface area contributed by atoms with Gasteiger partial charge in [-0.3, -0.25) is 4.98 Å². The second kappa shape index (κ2) is 3.65. The van der Waals surface area contributed by atoms with Gasteiger partial charge in [-0.15, -0.1) is 0 Å². The van der Waals surface area contributed by atoms with Crippen molar-refractivity contribution in [2.24, 2.45) is 0 Å². The fraction of sp³-hybridized carbons (Fsp3) is 0.400. The van der Waals surface area contributed by atoms with Crippen molar-refractivity contribution < 1.29 is 14.3 Å². The predicted octanol–water partition coefficient (Wildman–Crippen LogP) is 1.47. The minimum Gasteiger partial charge on any atom is -0.430 e. The fourth-order valence-corrected chi connectivity index (χ4v) is 1.46. The van der Waals surface area contributed by atoms with E-state index in [4.69, 9.17) is 9.47 Å². The molecule has 1 aliphatic heterocycles. The van der Waals surface area contributed by atoms with E-state index in [1.54, 1.807) is 6.20 Å². The maximum atomic E-state index is 10.7. The van der Waals surface area contributed by atoms with Gasteiger partial charge in [-0.05, 0) is 24.6 Å². The average molecular weight is 193 g/mol. The van der Waals surface area contributed by atoms with Crippen LogP contribution in [0.25, 0.3) is 0 Å².